The molecular weight excluding hydrogens is 292 g/mol. The maximum atomic E-state index is 12.2. The fourth-order valence-electron chi connectivity index (χ4n) is 1.89. The third kappa shape index (κ3) is 2.48. The number of aromatic nitrogens is 2. The summed E-state index contributed by atoms with van der Waals surface area (Å²) in [5.41, 5.74) is 6.87. The fraction of sp³-hybridized carbons (Fsp3) is 0. The van der Waals surface area contributed by atoms with Crippen LogP contribution in [-0.2, 0) is 10.0 Å². The summed E-state index contributed by atoms with van der Waals surface area (Å²) in [6.45, 7) is 0. The molecular formula is C13H12N4O3S. The molecule has 0 atom stereocenters. The molecule has 0 aliphatic carbocycles. The number of nitrogens with one attached hydrogen (secondary N) is 2. The second kappa shape index (κ2) is 4.67. The Morgan fingerprint density at radius 3 is 2.67 bits per heavy atom. The number of benzene rings is 2. The second-order valence-electron chi connectivity index (χ2n) is 4.43. The maximum Gasteiger partial charge on any atom is 0.264 e. The number of aromatic hydroxyl groups is 1. The molecule has 0 spiro atoms. The Morgan fingerprint density at radius 1 is 1.19 bits per heavy atom. The van der Waals surface area contributed by atoms with E-state index in [1.54, 1.807) is 12.1 Å². The van der Waals surface area contributed by atoms with Crippen molar-refractivity contribution in [1.29, 1.82) is 0 Å². The van der Waals surface area contributed by atoms with E-state index in [2.05, 4.69) is 14.7 Å². The third-order valence-corrected chi connectivity index (χ3v) is 4.27. The number of hydrogen-bond acceptors (Lipinski definition) is 5. The minimum Gasteiger partial charge on any atom is -0.506 e. The van der Waals surface area contributed by atoms with Crippen LogP contribution in [0.25, 0.3) is 11.0 Å². The average molecular weight is 304 g/mol. The number of phenolic OH excluding ortho intramolecular Hbond substituents is 1. The van der Waals surface area contributed by atoms with Gasteiger partial charge in [-0.2, -0.15) is 0 Å². The SMILES string of the molecule is Nc1cc(S(=O)(=O)Nc2nc3ccccc3[nH]2)ccc1O. The summed E-state index contributed by atoms with van der Waals surface area (Å²) in [4.78, 5) is 6.95. The molecule has 0 aliphatic heterocycles. The molecule has 0 saturated heterocycles. The van der Waals surface area contributed by atoms with Crippen molar-refractivity contribution in [3.63, 3.8) is 0 Å². The van der Waals surface area contributed by atoms with Gasteiger partial charge in [-0.1, -0.05) is 12.1 Å². The summed E-state index contributed by atoms with van der Waals surface area (Å²) in [6.07, 6.45) is 0. The zero-order valence-electron chi connectivity index (χ0n) is 10.7. The number of imidazole rings is 1. The third-order valence-electron chi connectivity index (χ3n) is 2.93. The Hall–Kier alpha value is -2.74. The van der Waals surface area contributed by atoms with Gasteiger partial charge in [0.2, 0.25) is 5.95 Å². The standard InChI is InChI=1S/C13H12N4O3S/c14-9-7-8(5-6-12(9)18)21(19,20)17-13-15-10-3-1-2-4-11(10)16-13/h1-7,18H,14H2,(H2,15,16,17). The number of rotatable bonds is 3. The Kier molecular flexibility index (Phi) is 2.95. The van der Waals surface area contributed by atoms with E-state index in [0.29, 0.717) is 5.52 Å². The van der Waals surface area contributed by atoms with Crippen LogP contribution in [0, 0.1) is 0 Å². The number of nitrogens with two attached hydrogens (primary N) is 1. The smallest absolute Gasteiger partial charge is 0.264 e. The van der Waals surface area contributed by atoms with Crippen LogP contribution in [0.15, 0.2) is 47.4 Å². The highest BCUT2D eigenvalue weighted by Crippen LogP contribution is 2.24. The summed E-state index contributed by atoms with van der Waals surface area (Å²) in [7, 11) is -3.84. The van der Waals surface area contributed by atoms with E-state index >= 15 is 0 Å². The van der Waals surface area contributed by atoms with Crippen molar-refractivity contribution in [3.8, 4) is 5.75 Å². The molecule has 1 aromatic heterocycles. The van der Waals surface area contributed by atoms with E-state index in [9.17, 15) is 13.5 Å². The highest BCUT2D eigenvalue weighted by molar-refractivity contribution is 7.92. The highest BCUT2D eigenvalue weighted by atomic mass is 32.2. The lowest BCUT2D eigenvalue weighted by Crippen LogP contribution is -2.14. The van der Waals surface area contributed by atoms with Crippen LogP contribution < -0.4 is 10.5 Å². The molecule has 7 nitrogen and oxygen atoms in total. The lowest BCUT2D eigenvalue weighted by molar-refractivity contribution is 0.477. The van der Waals surface area contributed by atoms with Gasteiger partial charge < -0.3 is 15.8 Å². The Morgan fingerprint density at radius 2 is 1.95 bits per heavy atom. The van der Waals surface area contributed by atoms with Gasteiger partial charge in [0.25, 0.3) is 10.0 Å². The van der Waals surface area contributed by atoms with Crippen molar-refractivity contribution in [2.24, 2.45) is 0 Å². The number of H-pyrrole nitrogens is 1. The summed E-state index contributed by atoms with van der Waals surface area (Å²) >= 11 is 0. The summed E-state index contributed by atoms with van der Waals surface area (Å²) in [6, 6.07) is 10.8. The number of para-hydroxylation sites is 2. The zero-order valence-corrected chi connectivity index (χ0v) is 11.6. The van der Waals surface area contributed by atoms with Crippen LogP contribution in [0.1, 0.15) is 0 Å². The number of anilines is 2. The highest BCUT2D eigenvalue weighted by Gasteiger charge is 2.17. The first-order valence-corrected chi connectivity index (χ1v) is 7.50. The van der Waals surface area contributed by atoms with Gasteiger partial charge >= 0.3 is 0 Å². The van der Waals surface area contributed by atoms with Crippen LogP contribution in [-0.4, -0.2) is 23.5 Å². The molecule has 0 bridgehead atoms. The summed E-state index contributed by atoms with van der Waals surface area (Å²) in [5, 5.41) is 9.34. The van der Waals surface area contributed by atoms with E-state index in [-0.39, 0.29) is 22.3 Å². The minimum absolute atomic E-state index is 0.0116. The fourth-order valence-corrected chi connectivity index (χ4v) is 2.89. The maximum absolute atomic E-state index is 12.2. The van der Waals surface area contributed by atoms with Crippen molar-refractivity contribution in [3.05, 3.63) is 42.5 Å². The lowest BCUT2D eigenvalue weighted by atomic mass is 10.3. The van der Waals surface area contributed by atoms with Crippen LogP contribution in [0.2, 0.25) is 0 Å². The lowest BCUT2D eigenvalue weighted by Gasteiger charge is -2.06. The van der Waals surface area contributed by atoms with Crippen molar-refractivity contribution >= 4 is 32.7 Å². The second-order valence-corrected chi connectivity index (χ2v) is 6.11. The van der Waals surface area contributed by atoms with E-state index < -0.39 is 10.0 Å². The average Bonchev–Trinajstić information content (AvgIpc) is 2.82. The molecule has 3 aromatic rings. The van der Waals surface area contributed by atoms with Gasteiger partial charge in [0, 0.05) is 0 Å². The number of aromatic amines is 1. The predicted molar refractivity (Wildman–Crippen MR) is 79.4 cm³/mol. The van der Waals surface area contributed by atoms with Crippen molar-refractivity contribution in [2.75, 3.05) is 10.5 Å². The number of sulfonamides is 1. The van der Waals surface area contributed by atoms with Crippen LogP contribution in [0.4, 0.5) is 11.6 Å². The molecule has 1 heterocycles. The molecule has 3 rings (SSSR count). The molecule has 0 aliphatic rings. The summed E-state index contributed by atoms with van der Waals surface area (Å²) < 4.78 is 26.8. The number of hydrogen-bond donors (Lipinski definition) is 4. The van der Waals surface area contributed by atoms with E-state index in [1.807, 2.05) is 12.1 Å². The number of nitrogen functional groups attached to an aromatic ring is 1. The van der Waals surface area contributed by atoms with E-state index in [4.69, 9.17) is 5.73 Å². The predicted octanol–water partition coefficient (Wildman–Crippen LogP) is 1.65. The van der Waals surface area contributed by atoms with Crippen molar-refractivity contribution in [2.45, 2.75) is 4.90 Å². The first kappa shape index (κ1) is 13.3. The molecule has 21 heavy (non-hydrogen) atoms. The largest absolute Gasteiger partial charge is 0.506 e. The first-order chi connectivity index (χ1) is 9.95. The van der Waals surface area contributed by atoms with Crippen molar-refractivity contribution in [1.82, 2.24) is 9.97 Å². The molecule has 108 valence electrons. The zero-order chi connectivity index (χ0) is 15.0. The molecule has 5 N–H and O–H groups in total. The summed E-state index contributed by atoms with van der Waals surface area (Å²) in [5.74, 6) is -0.0551. The van der Waals surface area contributed by atoms with Crippen LogP contribution in [0.5, 0.6) is 5.75 Å². The van der Waals surface area contributed by atoms with Crippen molar-refractivity contribution < 1.29 is 13.5 Å². The topological polar surface area (TPSA) is 121 Å². The number of phenols is 1. The van der Waals surface area contributed by atoms with Gasteiger partial charge in [0.1, 0.15) is 5.75 Å². The van der Waals surface area contributed by atoms with Gasteiger partial charge in [-0.25, -0.2) is 18.1 Å². The quantitative estimate of drug-likeness (QED) is 0.433. The van der Waals surface area contributed by atoms with E-state index in [0.717, 1.165) is 5.52 Å². The normalized spacial score (nSPS) is 11.6. The molecule has 0 amide bonds. The number of fused-ring (bicyclic) bond motifs is 1. The van der Waals surface area contributed by atoms with Crippen LogP contribution >= 0.6 is 0 Å². The number of nitrogens with zero attached hydrogens (tertiary/aromatic N) is 1. The first-order valence-electron chi connectivity index (χ1n) is 6.02. The Labute approximate surface area is 120 Å². The van der Waals surface area contributed by atoms with Gasteiger partial charge in [-0.05, 0) is 30.3 Å². The van der Waals surface area contributed by atoms with Gasteiger partial charge in [0.05, 0.1) is 21.6 Å². The molecule has 8 heteroatoms. The minimum atomic E-state index is -3.84. The Balaban J connectivity index is 1.96. The Bertz CT molecular complexity index is 885. The molecule has 2 aromatic carbocycles. The van der Waals surface area contributed by atoms with Crippen LogP contribution in [0.3, 0.4) is 0 Å². The van der Waals surface area contributed by atoms with E-state index in [1.165, 1.54) is 18.2 Å². The molecule has 0 unspecified atom stereocenters. The molecule has 0 fully saturated rings. The van der Waals surface area contributed by atoms with Gasteiger partial charge in [0.15, 0.2) is 0 Å². The van der Waals surface area contributed by atoms with Gasteiger partial charge in [-0.3, -0.25) is 0 Å². The molecule has 0 saturated carbocycles. The monoisotopic (exact) mass is 304 g/mol. The van der Waals surface area contributed by atoms with Gasteiger partial charge in [-0.15, -0.1) is 0 Å². The molecule has 0 radical (unpaired) electrons.